The Kier molecular flexibility index (Phi) is 7.60. The molecule has 1 atom stereocenters. The standard InChI is InChI=1S/C47H32FN3SSi/c48-45(33-15-11-14-32(30-33)39-23-9-10-28-49-39)34-16-12-17-35(31-34)51-46-42(27-26-41-44(46)38-22-7-8-24-40(38)52-41)53(36-18-3-1-4-19-36,37-20-5-2-6-21-37)43-25-13-29-50-47(43)51/h1-31,45H. The Hall–Kier alpha value is -6.21. The van der Waals surface area contributed by atoms with Gasteiger partial charge in [0.15, 0.2) is 14.2 Å². The molecule has 0 N–H and O–H groups in total. The minimum absolute atomic E-state index is 0.585. The van der Waals surface area contributed by atoms with E-state index in [0.717, 1.165) is 28.5 Å². The molecule has 1 aliphatic rings. The van der Waals surface area contributed by atoms with Crippen LogP contribution in [0.3, 0.4) is 0 Å². The van der Waals surface area contributed by atoms with Crippen molar-refractivity contribution in [2.75, 3.05) is 4.90 Å². The number of rotatable bonds is 6. The summed E-state index contributed by atoms with van der Waals surface area (Å²) in [5, 5.41) is 7.50. The monoisotopic (exact) mass is 717 g/mol. The first-order valence-electron chi connectivity index (χ1n) is 17.8. The number of halogens is 1. The minimum Gasteiger partial charge on any atom is -0.295 e. The fourth-order valence-electron chi connectivity index (χ4n) is 8.27. The number of nitrogens with zero attached hydrogens (tertiary/aromatic N) is 3. The highest BCUT2D eigenvalue weighted by Crippen LogP contribution is 2.46. The average Bonchev–Trinajstić information content (AvgIpc) is 3.63. The van der Waals surface area contributed by atoms with Crippen LogP contribution in [0.2, 0.25) is 0 Å². The Balaban J connectivity index is 1.25. The molecule has 0 spiro atoms. The minimum atomic E-state index is -2.94. The summed E-state index contributed by atoms with van der Waals surface area (Å²) in [6.45, 7) is 0. The number of aromatic nitrogens is 2. The van der Waals surface area contributed by atoms with E-state index in [4.69, 9.17) is 4.98 Å². The molecule has 0 saturated heterocycles. The summed E-state index contributed by atoms with van der Waals surface area (Å²) in [6, 6.07) is 61.1. The molecule has 252 valence electrons. The molecule has 6 heteroatoms. The van der Waals surface area contributed by atoms with E-state index in [1.807, 2.05) is 78.2 Å². The molecule has 10 rings (SSSR count). The first-order valence-corrected chi connectivity index (χ1v) is 20.6. The second-order valence-electron chi connectivity index (χ2n) is 13.4. The molecule has 53 heavy (non-hydrogen) atoms. The summed E-state index contributed by atoms with van der Waals surface area (Å²) in [7, 11) is -2.94. The zero-order valence-electron chi connectivity index (χ0n) is 28.6. The maximum atomic E-state index is 16.8. The number of hydrogen-bond donors (Lipinski definition) is 0. The Morgan fingerprint density at radius 1 is 0.547 bits per heavy atom. The molecule has 4 heterocycles. The largest absolute Gasteiger partial charge is 0.295 e. The van der Waals surface area contributed by atoms with Crippen LogP contribution in [0.4, 0.5) is 21.6 Å². The molecule has 9 aromatic rings. The molecule has 0 aliphatic carbocycles. The molecule has 0 saturated carbocycles. The highest BCUT2D eigenvalue weighted by atomic mass is 32.1. The van der Waals surface area contributed by atoms with Gasteiger partial charge in [-0.3, -0.25) is 9.88 Å². The molecule has 0 bridgehead atoms. The van der Waals surface area contributed by atoms with Crippen LogP contribution >= 0.6 is 11.3 Å². The number of hydrogen-bond acceptors (Lipinski definition) is 4. The van der Waals surface area contributed by atoms with E-state index >= 15 is 4.39 Å². The van der Waals surface area contributed by atoms with Crippen LogP contribution < -0.4 is 25.6 Å². The van der Waals surface area contributed by atoms with Gasteiger partial charge in [-0.05, 0) is 80.4 Å². The van der Waals surface area contributed by atoms with Crippen molar-refractivity contribution in [2.45, 2.75) is 6.17 Å². The number of pyridine rings is 2. The van der Waals surface area contributed by atoms with Crippen LogP contribution in [-0.4, -0.2) is 18.0 Å². The third-order valence-electron chi connectivity index (χ3n) is 10.5. The van der Waals surface area contributed by atoms with Gasteiger partial charge in [0, 0.05) is 43.8 Å². The summed E-state index contributed by atoms with van der Waals surface area (Å²) in [5.74, 6) is 0.881. The predicted octanol–water partition coefficient (Wildman–Crippen LogP) is 9.73. The van der Waals surface area contributed by atoms with E-state index in [2.05, 4.69) is 125 Å². The number of alkyl halides is 1. The Morgan fingerprint density at radius 3 is 2.02 bits per heavy atom. The highest BCUT2D eigenvalue weighted by Gasteiger charge is 2.50. The summed E-state index contributed by atoms with van der Waals surface area (Å²) in [4.78, 5) is 12.0. The lowest BCUT2D eigenvalue weighted by atomic mass is 9.99. The molecule has 3 aromatic heterocycles. The zero-order valence-corrected chi connectivity index (χ0v) is 30.4. The van der Waals surface area contributed by atoms with Crippen molar-refractivity contribution in [2.24, 2.45) is 0 Å². The summed E-state index contributed by atoms with van der Waals surface area (Å²) in [5.41, 5.74) is 4.88. The second-order valence-corrected chi connectivity index (χ2v) is 18.2. The van der Waals surface area contributed by atoms with E-state index in [1.165, 1.54) is 40.9 Å². The van der Waals surface area contributed by atoms with Gasteiger partial charge in [-0.15, -0.1) is 11.3 Å². The third kappa shape index (κ3) is 4.98. The highest BCUT2D eigenvalue weighted by molar-refractivity contribution is 7.26. The van der Waals surface area contributed by atoms with Crippen molar-refractivity contribution in [3.05, 3.63) is 199 Å². The fourth-order valence-corrected chi connectivity index (χ4v) is 14.4. The number of thiophene rings is 1. The fraction of sp³-hybridized carbons (Fsp3) is 0.0213. The molecule has 0 amide bonds. The van der Waals surface area contributed by atoms with Crippen molar-refractivity contribution in [3.8, 4) is 11.3 Å². The van der Waals surface area contributed by atoms with Gasteiger partial charge in [0.2, 0.25) is 0 Å². The quantitative estimate of drug-likeness (QED) is 0.161. The normalized spacial score (nSPS) is 13.8. The molecule has 6 aromatic carbocycles. The van der Waals surface area contributed by atoms with E-state index in [1.54, 1.807) is 6.20 Å². The van der Waals surface area contributed by atoms with Crippen LogP contribution in [0.15, 0.2) is 188 Å². The van der Waals surface area contributed by atoms with E-state index < -0.39 is 14.2 Å². The first-order chi connectivity index (χ1) is 26.2. The van der Waals surface area contributed by atoms with Gasteiger partial charge in [-0.1, -0.05) is 127 Å². The maximum absolute atomic E-state index is 16.8. The lowest BCUT2D eigenvalue weighted by molar-refractivity contribution is 0.402. The Labute approximate surface area is 312 Å². The van der Waals surface area contributed by atoms with Crippen LogP contribution in [-0.2, 0) is 0 Å². The molecule has 1 aliphatic heterocycles. The number of benzene rings is 6. The van der Waals surface area contributed by atoms with Crippen molar-refractivity contribution < 1.29 is 4.39 Å². The van der Waals surface area contributed by atoms with E-state index in [9.17, 15) is 0 Å². The van der Waals surface area contributed by atoms with Gasteiger partial charge in [0.1, 0.15) is 5.82 Å². The third-order valence-corrected chi connectivity index (χ3v) is 16.5. The topological polar surface area (TPSA) is 29.0 Å². The predicted molar refractivity (Wildman–Crippen MR) is 222 cm³/mol. The molecule has 0 radical (unpaired) electrons. The van der Waals surface area contributed by atoms with Crippen LogP contribution in [0.1, 0.15) is 17.3 Å². The van der Waals surface area contributed by atoms with Gasteiger partial charge < -0.3 is 0 Å². The van der Waals surface area contributed by atoms with Gasteiger partial charge >= 0.3 is 0 Å². The van der Waals surface area contributed by atoms with Crippen molar-refractivity contribution in [3.63, 3.8) is 0 Å². The Morgan fingerprint density at radius 2 is 1.25 bits per heavy atom. The maximum Gasteiger partial charge on any atom is 0.186 e. The van der Waals surface area contributed by atoms with Crippen LogP contribution in [0, 0.1) is 0 Å². The second kappa shape index (κ2) is 12.8. The molecular formula is C47H32FN3SSi. The smallest absolute Gasteiger partial charge is 0.186 e. The molecular weight excluding hydrogens is 686 g/mol. The SMILES string of the molecule is FC(c1cccc(-c2ccccn2)c1)c1cccc(N2c3ncccc3[Si](c3ccccc3)(c3ccccc3)c3ccc4sc5ccccc5c4c32)c1. The van der Waals surface area contributed by atoms with Crippen molar-refractivity contribution in [1.82, 2.24) is 9.97 Å². The molecule has 1 unspecified atom stereocenters. The van der Waals surface area contributed by atoms with Gasteiger partial charge in [-0.2, -0.15) is 0 Å². The van der Waals surface area contributed by atoms with Crippen molar-refractivity contribution >= 4 is 77.5 Å². The van der Waals surface area contributed by atoms with Crippen molar-refractivity contribution in [1.29, 1.82) is 0 Å². The van der Waals surface area contributed by atoms with E-state index in [-0.39, 0.29) is 0 Å². The Bertz CT molecular complexity index is 2730. The summed E-state index contributed by atoms with van der Waals surface area (Å²) >= 11 is 1.81. The van der Waals surface area contributed by atoms with Gasteiger partial charge in [0.05, 0.1) is 11.4 Å². The summed E-state index contributed by atoms with van der Waals surface area (Å²) in [6.07, 6.45) is 2.32. The zero-order chi connectivity index (χ0) is 35.4. The molecule has 3 nitrogen and oxygen atoms in total. The van der Waals surface area contributed by atoms with E-state index in [0.29, 0.717) is 11.1 Å². The number of fused-ring (bicyclic) bond motifs is 6. The van der Waals surface area contributed by atoms with Gasteiger partial charge in [0.25, 0.3) is 0 Å². The number of anilines is 3. The summed E-state index contributed by atoms with van der Waals surface area (Å²) < 4.78 is 19.3. The molecule has 0 fully saturated rings. The first kappa shape index (κ1) is 31.5. The lowest BCUT2D eigenvalue weighted by Gasteiger charge is -2.44. The average molecular weight is 718 g/mol. The van der Waals surface area contributed by atoms with Crippen LogP contribution in [0.25, 0.3) is 31.4 Å². The van der Waals surface area contributed by atoms with Gasteiger partial charge in [-0.25, -0.2) is 9.37 Å². The lowest BCUT2D eigenvalue weighted by Crippen LogP contribution is -2.77. The van der Waals surface area contributed by atoms with Crippen LogP contribution in [0.5, 0.6) is 0 Å².